The van der Waals surface area contributed by atoms with Crippen LogP contribution in [-0.2, 0) is 32.6 Å². The molecule has 4 atom stereocenters. The number of nitrogens with zero attached hydrogens (tertiary/aromatic N) is 1. The molecule has 0 radical (unpaired) electrons. The van der Waals surface area contributed by atoms with Crippen LogP contribution in [0.1, 0.15) is 174 Å². The third-order valence-corrected chi connectivity index (χ3v) is 10.8. The first-order chi connectivity index (χ1) is 27.1. The Bertz CT molecular complexity index is 1100. The van der Waals surface area contributed by atoms with E-state index < -0.39 is 19.9 Å². The highest BCUT2D eigenvalue weighted by Gasteiger charge is 2.36. The third kappa shape index (κ3) is 35.4. The topological polar surface area (TPSA) is 107 Å². The Labute approximate surface area is 343 Å². The van der Waals surface area contributed by atoms with Gasteiger partial charge in [0.2, 0.25) is 0 Å². The first-order valence-electron chi connectivity index (χ1n) is 22.5. The Kier molecular flexibility index (Phi) is 32.9. The lowest BCUT2D eigenvalue weighted by Crippen LogP contribution is -2.37. The number of allylic oxidation sites excluding steroid dienone is 6. The first-order valence-corrected chi connectivity index (χ1v) is 24.0. The molecule has 56 heavy (non-hydrogen) atoms. The van der Waals surface area contributed by atoms with Gasteiger partial charge in [-0.05, 0) is 63.9 Å². The van der Waals surface area contributed by atoms with E-state index in [1.54, 1.807) is 6.26 Å². The molecule has 1 rings (SSSR count). The molecule has 0 aliphatic carbocycles. The molecule has 1 aliphatic rings. The zero-order valence-corrected chi connectivity index (χ0v) is 37.4. The van der Waals surface area contributed by atoms with Crippen LogP contribution in [0.4, 0.5) is 0 Å². The van der Waals surface area contributed by atoms with Gasteiger partial charge in [-0.3, -0.25) is 9.36 Å². The van der Waals surface area contributed by atoms with Gasteiger partial charge in [-0.25, -0.2) is 0 Å². The van der Waals surface area contributed by atoms with Crippen LogP contribution in [-0.4, -0.2) is 76.3 Å². The van der Waals surface area contributed by atoms with Crippen LogP contribution in [0, 0.1) is 0 Å². The van der Waals surface area contributed by atoms with Crippen molar-refractivity contribution in [3.63, 3.8) is 0 Å². The second kappa shape index (κ2) is 35.2. The molecule has 0 bridgehead atoms. The zero-order chi connectivity index (χ0) is 41.0. The molecular weight excluding hydrogens is 725 g/mol. The van der Waals surface area contributed by atoms with Crippen molar-refractivity contribution in [3.8, 4) is 0 Å². The molecule has 9 nitrogen and oxygen atoms in total. The van der Waals surface area contributed by atoms with E-state index in [-0.39, 0.29) is 38.4 Å². The van der Waals surface area contributed by atoms with Crippen molar-refractivity contribution < 1.29 is 42.0 Å². The lowest BCUT2D eigenvalue weighted by Gasteiger charge is -2.28. The number of ether oxygens (including phenoxy) is 3. The molecule has 0 aromatic carbocycles. The van der Waals surface area contributed by atoms with E-state index in [1.165, 1.54) is 109 Å². The number of phosphoric ester groups is 1. The average molecular weight is 810 g/mol. The number of phosphoric acid groups is 1. The van der Waals surface area contributed by atoms with Crippen LogP contribution in [0.2, 0.25) is 0 Å². The van der Waals surface area contributed by atoms with E-state index in [4.69, 9.17) is 23.3 Å². The van der Waals surface area contributed by atoms with Crippen molar-refractivity contribution in [1.82, 2.24) is 0 Å². The lowest BCUT2D eigenvalue weighted by atomic mass is 10.0. The highest BCUT2D eigenvalue weighted by Crippen LogP contribution is 2.38. The maximum atomic E-state index is 12.7. The van der Waals surface area contributed by atoms with Crippen LogP contribution in [0.15, 0.2) is 48.8 Å². The molecule has 0 saturated carbocycles. The standard InChI is InChI=1S/C46H84NO8P/c1-6-8-10-12-14-16-18-20-21-22-23-25-27-29-31-33-39-51-41-43(42-53-56(49,50)52-40-38-47(3,4)5)54-46(48)37-34-36-45-44(55-45)35-32-30-28-26-24-19-17-15-13-11-9-7-2/h15,17,24,26,30,32-33,39,43-45H,6-14,16,18-23,25,27-29,31,34-38,40-42H2,1-5H3/b17-15-,26-24-,32-30-,39-33-. The molecule has 0 amide bonds. The fourth-order valence-electron chi connectivity index (χ4n) is 6.25. The van der Waals surface area contributed by atoms with Crippen molar-refractivity contribution >= 4 is 13.8 Å². The van der Waals surface area contributed by atoms with Gasteiger partial charge in [0.1, 0.15) is 19.8 Å². The predicted octanol–water partition coefficient (Wildman–Crippen LogP) is 11.9. The zero-order valence-electron chi connectivity index (χ0n) is 36.5. The minimum absolute atomic E-state index is 0.00141. The molecule has 10 heteroatoms. The number of quaternary nitrogens is 1. The SMILES string of the molecule is CCCCC/C=C\C/C=C\C/C=C\CC1OC1CCCC(=O)OC(CO/C=C\CCCCCCCCCCCCCCCC)COP(=O)([O-])OCC[N+](C)(C)C. The van der Waals surface area contributed by atoms with Crippen LogP contribution >= 0.6 is 7.82 Å². The Balaban J connectivity index is 2.30. The van der Waals surface area contributed by atoms with E-state index >= 15 is 0 Å². The van der Waals surface area contributed by atoms with Crippen molar-refractivity contribution in [1.29, 1.82) is 0 Å². The molecule has 0 spiro atoms. The van der Waals surface area contributed by atoms with Crippen molar-refractivity contribution in [3.05, 3.63) is 48.8 Å². The van der Waals surface area contributed by atoms with Gasteiger partial charge in [0.15, 0.2) is 6.10 Å². The van der Waals surface area contributed by atoms with E-state index in [1.807, 2.05) is 27.2 Å². The van der Waals surface area contributed by atoms with Gasteiger partial charge in [-0.15, -0.1) is 0 Å². The lowest BCUT2D eigenvalue weighted by molar-refractivity contribution is -0.870. The van der Waals surface area contributed by atoms with Gasteiger partial charge in [-0.2, -0.15) is 0 Å². The number of epoxide rings is 1. The minimum Gasteiger partial charge on any atom is -0.756 e. The van der Waals surface area contributed by atoms with Crippen LogP contribution in [0.5, 0.6) is 0 Å². The maximum Gasteiger partial charge on any atom is 0.306 e. The second-order valence-electron chi connectivity index (χ2n) is 16.5. The molecule has 0 aromatic heterocycles. The van der Waals surface area contributed by atoms with Crippen molar-refractivity contribution in [2.24, 2.45) is 0 Å². The fourth-order valence-corrected chi connectivity index (χ4v) is 6.97. The number of esters is 1. The molecule has 1 aliphatic heterocycles. The van der Waals surface area contributed by atoms with Crippen LogP contribution in [0.25, 0.3) is 0 Å². The van der Waals surface area contributed by atoms with E-state index in [2.05, 4.69) is 50.3 Å². The minimum atomic E-state index is -4.57. The van der Waals surface area contributed by atoms with E-state index in [9.17, 15) is 14.3 Å². The molecule has 1 heterocycles. The van der Waals surface area contributed by atoms with Gasteiger partial charge in [0.25, 0.3) is 7.82 Å². The van der Waals surface area contributed by atoms with E-state index in [0.29, 0.717) is 17.4 Å². The summed E-state index contributed by atoms with van der Waals surface area (Å²) in [6.45, 7) is 4.62. The quantitative estimate of drug-likeness (QED) is 0.0115. The van der Waals surface area contributed by atoms with Gasteiger partial charge in [0, 0.05) is 6.42 Å². The number of carbonyl (C=O) groups excluding carboxylic acids is 1. The molecule has 0 aromatic rings. The summed E-state index contributed by atoms with van der Waals surface area (Å²) in [6.07, 6.45) is 45.2. The summed E-state index contributed by atoms with van der Waals surface area (Å²) in [7, 11) is 1.27. The third-order valence-electron chi connectivity index (χ3n) is 9.87. The fraction of sp³-hybridized carbons (Fsp3) is 0.804. The predicted molar refractivity (Wildman–Crippen MR) is 230 cm³/mol. The molecule has 1 fully saturated rings. The summed E-state index contributed by atoms with van der Waals surface area (Å²) in [6, 6.07) is 0. The van der Waals surface area contributed by atoms with Gasteiger partial charge < -0.3 is 32.6 Å². The highest BCUT2D eigenvalue weighted by atomic mass is 31.2. The van der Waals surface area contributed by atoms with Gasteiger partial charge >= 0.3 is 5.97 Å². The van der Waals surface area contributed by atoms with Gasteiger partial charge in [0.05, 0.1) is 46.2 Å². The Morgan fingerprint density at radius 3 is 1.84 bits per heavy atom. The molecular formula is C46H84NO8P. The summed E-state index contributed by atoms with van der Waals surface area (Å²) < 4.78 is 40.2. The molecule has 1 saturated heterocycles. The number of unbranched alkanes of at least 4 members (excludes halogenated alkanes) is 17. The number of likely N-dealkylation sites (N-methyl/N-ethyl adjacent to an activating group) is 1. The molecule has 0 N–H and O–H groups in total. The summed E-state index contributed by atoms with van der Waals surface area (Å²) in [4.78, 5) is 25.1. The first kappa shape index (κ1) is 52.3. The van der Waals surface area contributed by atoms with Crippen molar-refractivity contribution in [2.45, 2.75) is 193 Å². The average Bonchev–Trinajstić information content (AvgIpc) is 3.90. The Hall–Kier alpha value is -1.74. The summed E-state index contributed by atoms with van der Waals surface area (Å²) in [5.41, 5.74) is 0. The Morgan fingerprint density at radius 1 is 0.679 bits per heavy atom. The monoisotopic (exact) mass is 810 g/mol. The molecule has 326 valence electrons. The maximum absolute atomic E-state index is 12.7. The van der Waals surface area contributed by atoms with Crippen molar-refractivity contribution in [2.75, 3.05) is 47.5 Å². The smallest absolute Gasteiger partial charge is 0.306 e. The highest BCUT2D eigenvalue weighted by molar-refractivity contribution is 7.45. The Morgan fingerprint density at radius 2 is 1.21 bits per heavy atom. The molecule has 4 unspecified atom stereocenters. The normalized spacial score (nSPS) is 17.8. The van der Waals surface area contributed by atoms with Crippen LogP contribution in [0.3, 0.4) is 0 Å². The number of hydrogen-bond acceptors (Lipinski definition) is 8. The number of rotatable bonds is 40. The van der Waals surface area contributed by atoms with E-state index in [0.717, 1.165) is 38.5 Å². The summed E-state index contributed by atoms with van der Waals surface area (Å²) in [5, 5.41) is 0. The number of carbonyl (C=O) groups is 1. The van der Waals surface area contributed by atoms with Crippen LogP contribution < -0.4 is 4.89 Å². The number of hydrogen-bond donors (Lipinski definition) is 0. The second-order valence-corrected chi connectivity index (χ2v) is 17.9. The van der Waals surface area contributed by atoms with Gasteiger partial charge in [-0.1, -0.05) is 147 Å². The summed E-state index contributed by atoms with van der Waals surface area (Å²) >= 11 is 0. The largest absolute Gasteiger partial charge is 0.756 e. The summed E-state index contributed by atoms with van der Waals surface area (Å²) in [5.74, 6) is -0.417.